The van der Waals surface area contributed by atoms with Gasteiger partial charge >= 0.3 is 6.11 Å². The molecule has 0 fully saturated rings. The summed E-state index contributed by atoms with van der Waals surface area (Å²) in [5.74, 6) is -4.48. The van der Waals surface area contributed by atoms with Crippen LogP contribution in [-0.2, 0) is 4.74 Å². The van der Waals surface area contributed by atoms with Crippen molar-refractivity contribution in [3.63, 3.8) is 0 Å². The lowest BCUT2D eigenvalue weighted by Gasteiger charge is -2.19. The van der Waals surface area contributed by atoms with Gasteiger partial charge in [0, 0.05) is 23.4 Å². The Morgan fingerprint density at radius 2 is 1.26 bits per heavy atom. The van der Waals surface area contributed by atoms with Crippen LogP contribution in [0.15, 0.2) is 187 Å². The molecule has 0 spiro atoms. The Morgan fingerprint density at radius 3 is 1.81 bits per heavy atom. The topological polar surface area (TPSA) is 21.6 Å². The van der Waals surface area contributed by atoms with Crippen molar-refractivity contribution in [2.75, 3.05) is 0 Å². The maximum absolute atomic E-state index is 14.7. The molecule has 2 nitrogen and oxygen atoms in total. The standard InChI is InChI=1S/C35H36F5NO/c1-13-14-15-23(4)16-17-24(5)28(9)32(36)18-25(6)29(10)33(37)20-27(8)42-35(39,40)30(11)34(38)19-26(7)31(12)41-21-22(2)3/h13,16-21H,1-2,4-12,14-15H2,3H3/b17-16-,32-18+,33-20+,34-19+,41-21?. The molecule has 0 aliphatic heterocycles. The van der Waals surface area contributed by atoms with Crippen LogP contribution < -0.4 is 0 Å². The molecule has 0 N–H and O–H groups in total. The van der Waals surface area contributed by atoms with E-state index in [9.17, 15) is 22.0 Å². The first kappa shape index (κ1) is 37.2. The van der Waals surface area contributed by atoms with E-state index in [4.69, 9.17) is 0 Å². The van der Waals surface area contributed by atoms with E-state index >= 15 is 0 Å². The Hall–Kier alpha value is -4.78. The molecule has 0 aromatic carbocycles. The molecule has 0 bridgehead atoms. The summed E-state index contributed by atoms with van der Waals surface area (Å²) < 4.78 is 77.2. The summed E-state index contributed by atoms with van der Waals surface area (Å²) in [5.41, 5.74) is -0.718. The number of halogens is 5. The van der Waals surface area contributed by atoms with Crippen LogP contribution >= 0.6 is 0 Å². The largest absolute Gasteiger partial charge is 0.429 e. The van der Waals surface area contributed by atoms with Crippen molar-refractivity contribution in [1.82, 2.24) is 0 Å². The second kappa shape index (κ2) is 17.1. The van der Waals surface area contributed by atoms with Crippen molar-refractivity contribution >= 4 is 6.21 Å². The third-order valence-corrected chi connectivity index (χ3v) is 5.14. The monoisotopic (exact) mass is 581 g/mol. The van der Waals surface area contributed by atoms with Crippen molar-refractivity contribution in [3.05, 3.63) is 182 Å². The van der Waals surface area contributed by atoms with E-state index in [2.05, 4.69) is 82.1 Å². The van der Waals surface area contributed by atoms with Gasteiger partial charge in [0.25, 0.3) is 0 Å². The summed E-state index contributed by atoms with van der Waals surface area (Å²) in [5, 5.41) is 0. The van der Waals surface area contributed by atoms with Crippen molar-refractivity contribution in [3.8, 4) is 0 Å². The average molecular weight is 582 g/mol. The maximum Gasteiger partial charge on any atom is 0.428 e. The molecule has 0 aliphatic rings. The first-order valence-electron chi connectivity index (χ1n) is 12.2. The Kier molecular flexibility index (Phi) is 15.2. The third-order valence-electron chi connectivity index (χ3n) is 5.14. The quantitative estimate of drug-likeness (QED) is 0.0489. The van der Waals surface area contributed by atoms with Crippen molar-refractivity contribution in [2.24, 2.45) is 4.99 Å². The SMILES string of the molecule is C=CCCC(=C)/C=C\C(=C)C(=C)/C(F)=C\C(=C)C(=C)/C(F)=C\C(=C)OC(F)(F)C(=C)/C(F)=C\C(=C)C(=C)N=CC(=C)C. The molecular formula is C35H36F5NO. The molecule has 0 heterocycles. The lowest BCUT2D eigenvalue weighted by atomic mass is 10.0. The van der Waals surface area contributed by atoms with Crippen LogP contribution in [0.4, 0.5) is 22.0 Å². The average Bonchev–Trinajstić information content (AvgIpc) is 2.91. The Bertz CT molecular complexity index is 1390. The zero-order valence-corrected chi connectivity index (χ0v) is 24.0. The molecule has 0 aromatic heterocycles. The van der Waals surface area contributed by atoms with Gasteiger partial charge in [0.2, 0.25) is 0 Å². The fraction of sp³-hybridized carbons (Fsp3) is 0.114. The zero-order chi connectivity index (χ0) is 32.8. The smallest absolute Gasteiger partial charge is 0.428 e. The molecule has 42 heavy (non-hydrogen) atoms. The van der Waals surface area contributed by atoms with E-state index in [1.165, 1.54) is 12.3 Å². The third kappa shape index (κ3) is 13.0. The number of aliphatic imine (C=N–C) groups is 1. The maximum atomic E-state index is 14.7. The van der Waals surface area contributed by atoms with Crippen LogP contribution in [0.2, 0.25) is 0 Å². The fourth-order valence-electron chi connectivity index (χ4n) is 2.54. The molecule has 0 aliphatic carbocycles. The van der Waals surface area contributed by atoms with Crippen LogP contribution in [0.3, 0.4) is 0 Å². The first-order valence-corrected chi connectivity index (χ1v) is 12.2. The zero-order valence-electron chi connectivity index (χ0n) is 24.0. The van der Waals surface area contributed by atoms with Gasteiger partial charge in [-0.1, -0.05) is 89.6 Å². The van der Waals surface area contributed by atoms with Gasteiger partial charge < -0.3 is 4.74 Å². The molecule has 0 rings (SSSR count). The van der Waals surface area contributed by atoms with E-state index in [1.54, 1.807) is 19.1 Å². The molecule has 222 valence electrons. The molecule has 7 heteroatoms. The molecule has 0 saturated carbocycles. The van der Waals surface area contributed by atoms with Gasteiger partial charge in [-0.3, -0.25) is 4.99 Å². The summed E-state index contributed by atoms with van der Waals surface area (Å²) >= 11 is 0. The van der Waals surface area contributed by atoms with Gasteiger partial charge in [0.15, 0.2) is 0 Å². The number of rotatable bonds is 19. The second-order valence-corrected chi connectivity index (χ2v) is 8.94. The number of alkyl halides is 2. The van der Waals surface area contributed by atoms with E-state index < -0.39 is 40.5 Å². The van der Waals surface area contributed by atoms with E-state index in [-0.39, 0.29) is 28.0 Å². The predicted molar refractivity (Wildman–Crippen MR) is 168 cm³/mol. The minimum atomic E-state index is -4.33. The van der Waals surface area contributed by atoms with Gasteiger partial charge in [-0.15, -0.1) is 6.58 Å². The fourth-order valence-corrected chi connectivity index (χ4v) is 2.54. The molecule has 0 atom stereocenters. The van der Waals surface area contributed by atoms with Crippen molar-refractivity contribution < 1.29 is 26.7 Å². The van der Waals surface area contributed by atoms with Crippen LogP contribution in [-0.4, -0.2) is 12.3 Å². The van der Waals surface area contributed by atoms with Crippen LogP contribution in [0.5, 0.6) is 0 Å². The normalized spacial score (nSPS) is 12.6. The number of nitrogens with zero attached hydrogens (tertiary/aromatic N) is 1. The van der Waals surface area contributed by atoms with Gasteiger partial charge in [-0.05, 0) is 54.2 Å². The number of allylic oxidation sites excluding steroid dienone is 14. The predicted octanol–water partition coefficient (Wildman–Crippen LogP) is 11.2. The Balaban J connectivity index is 5.48. The number of hydrogen-bond acceptors (Lipinski definition) is 2. The summed E-state index contributed by atoms with van der Waals surface area (Å²) in [6.45, 7) is 40.3. The molecular weight excluding hydrogens is 545 g/mol. The minimum Gasteiger partial charge on any atom is -0.429 e. The van der Waals surface area contributed by atoms with Crippen LogP contribution in [0, 0.1) is 0 Å². The van der Waals surface area contributed by atoms with Gasteiger partial charge in [-0.2, -0.15) is 8.78 Å². The molecule has 0 unspecified atom stereocenters. The highest BCUT2D eigenvalue weighted by molar-refractivity contribution is 5.78. The lowest BCUT2D eigenvalue weighted by Crippen LogP contribution is -2.23. The summed E-state index contributed by atoms with van der Waals surface area (Å²) in [7, 11) is 0. The van der Waals surface area contributed by atoms with Crippen LogP contribution in [0.25, 0.3) is 0 Å². The Morgan fingerprint density at radius 1 is 0.738 bits per heavy atom. The van der Waals surface area contributed by atoms with E-state index in [1.807, 2.05) is 0 Å². The summed E-state index contributed by atoms with van der Waals surface area (Å²) in [6.07, 6.45) is 5.27. The molecule has 0 aromatic rings. The van der Waals surface area contributed by atoms with Gasteiger partial charge in [-0.25, -0.2) is 13.2 Å². The van der Waals surface area contributed by atoms with E-state index in [0.29, 0.717) is 24.1 Å². The second-order valence-electron chi connectivity index (χ2n) is 8.94. The molecule has 0 amide bonds. The summed E-state index contributed by atoms with van der Waals surface area (Å²) in [6, 6.07) is 0. The highest BCUT2D eigenvalue weighted by atomic mass is 19.3. The van der Waals surface area contributed by atoms with E-state index in [0.717, 1.165) is 18.1 Å². The summed E-state index contributed by atoms with van der Waals surface area (Å²) in [4.78, 5) is 3.87. The van der Waals surface area contributed by atoms with Crippen molar-refractivity contribution in [1.29, 1.82) is 0 Å². The van der Waals surface area contributed by atoms with Crippen molar-refractivity contribution in [2.45, 2.75) is 25.9 Å². The molecule has 0 radical (unpaired) electrons. The first-order chi connectivity index (χ1) is 19.3. The lowest BCUT2D eigenvalue weighted by molar-refractivity contribution is -0.177. The number of ether oxygens (including phenoxy) is 1. The highest BCUT2D eigenvalue weighted by Gasteiger charge is 2.38. The molecule has 0 saturated heterocycles. The number of hydrogen-bond donors (Lipinski definition) is 0. The Labute approximate surface area is 246 Å². The van der Waals surface area contributed by atoms with Crippen LogP contribution in [0.1, 0.15) is 19.8 Å². The van der Waals surface area contributed by atoms with Gasteiger partial charge in [0.05, 0.1) is 11.3 Å². The highest BCUT2D eigenvalue weighted by Crippen LogP contribution is 2.34. The minimum absolute atomic E-state index is 0.00154. The van der Waals surface area contributed by atoms with Gasteiger partial charge in [0.1, 0.15) is 23.2 Å².